The molecule has 2 nitrogen and oxygen atoms in total. The number of allylic oxidation sites excluding steroid dienone is 4. The van der Waals surface area contributed by atoms with Crippen LogP contribution in [0.2, 0.25) is 0 Å². The zero-order chi connectivity index (χ0) is 32.5. The van der Waals surface area contributed by atoms with Gasteiger partial charge in [0.1, 0.15) is 13.1 Å². The van der Waals surface area contributed by atoms with Crippen LogP contribution in [-0.2, 0) is 0 Å². The SMILES string of the molecule is CCCCCCCC/C=C/CCCCCCCC[N+](C)(C)CC[N+](C)(C)CCCCCCCC/C=C/CCCCCCCC. The van der Waals surface area contributed by atoms with Gasteiger partial charge in [-0.25, -0.2) is 0 Å². The lowest BCUT2D eigenvalue weighted by Crippen LogP contribution is -2.51. The average molecular weight is 619 g/mol. The zero-order valence-corrected chi connectivity index (χ0v) is 31.8. The van der Waals surface area contributed by atoms with E-state index in [-0.39, 0.29) is 0 Å². The van der Waals surface area contributed by atoms with Gasteiger partial charge >= 0.3 is 0 Å². The molecule has 0 unspecified atom stereocenters. The first-order valence-electron chi connectivity index (χ1n) is 20.3. The lowest BCUT2D eigenvalue weighted by atomic mass is 10.1. The van der Waals surface area contributed by atoms with Gasteiger partial charge in [0.15, 0.2) is 0 Å². The lowest BCUT2D eigenvalue weighted by Gasteiger charge is -2.36. The zero-order valence-electron chi connectivity index (χ0n) is 31.8. The van der Waals surface area contributed by atoms with Crippen molar-refractivity contribution in [1.29, 1.82) is 0 Å². The fourth-order valence-electron chi connectivity index (χ4n) is 6.34. The molecule has 0 spiro atoms. The highest BCUT2D eigenvalue weighted by Gasteiger charge is 2.22. The highest BCUT2D eigenvalue weighted by molar-refractivity contribution is 4.82. The van der Waals surface area contributed by atoms with E-state index >= 15 is 0 Å². The summed E-state index contributed by atoms with van der Waals surface area (Å²) >= 11 is 0. The summed E-state index contributed by atoms with van der Waals surface area (Å²) in [4.78, 5) is 0. The summed E-state index contributed by atoms with van der Waals surface area (Å²) in [6.07, 6.45) is 48.9. The number of hydrogen-bond donors (Lipinski definition) is 0. The van der Waals surface area contributed by atoms with Crippen molar-refractivity contribution in [2.75, 3.05) is 54.4 Å². The molecule has 0 amide bonds. The maximum absolute atomic E-state index is 2.46. The summed E-state index contributed by atoms with van der Waals surface area (Å²) in [7, 11) is 9.84. The van der Waals surface area contributed by atoms with Crippen LogP contribution < -0.4 is 0 Å². The quantitative estimate of drug-likeness (QED) is 0.0376. The summed E-state index contributed by atoms with van der Waals surface area (Å²) in [6, 6.07) is 0. The van der Waals surface area contributed by atoms with Crippen LogP contribution in [0, 0.1) is 0 Å². The second kappa shape index (κ2) is 32.3. The first-order valence-corrected chi connectivity index (χ1v) is 20.3. The van der Waals surface area contributed by atoms with Gasteiger partial charge in [0.05, 0.1) is 41.3 Å². The van der Waals surface area contributed by atoms with Crippen molar-refractivity contribution in [1.82, 2.24) is 0 Å². The molecule has 0 atom stereocenters. The smallest absolute Gasteiger partial charge is 0.128 e. The third-order valence-corrected chi connectivity index (χ3v) is 9.86. The van der Waals surface area contributed by atoms with Crippen molar-refractivity contribution in [2.45, 2.75) is 194 Å². The normalized spacial score (nSPS) is 12.8. The fraction of sp³-hybridized carbons (Fsp3) is 0.905. The number of quaternary nitrogens is 2. The molecule has 2 heteroatoms. The Hall–Kier alpha value is -0.600. The molecule has 0 saturated carbocycles. The Morgan fingerprint density at radius 1 is 0.273 bits per heavy atom. The van der Waals surface area contributed by atoms with Crippen molar-refractivity contribution in [3.63, 3.8) is 0 Å². The van der Waals surface area contributed by atoms with Crippen molar-refractivity contribution < 1.29 is 8.97 Å². The molecule has 0 aromatic carbocycles. The lowest BCUT2D eigenvalue weighted by molar-refractivity contribution is -0.946. The fourth-order valence-corrected chi connectivity index (χ4v) is 6.34. The Kier molecular flexibility index (Phi) is 31.9. The largest absolute Gasteiger partial charge is 0.324 e. The van der Waals surface area contributed by atoms with E-state index in [0.717, 1.165) is 0 Å². The molecule has 44 heavy (non-hydrogen) atoms. The number of rotatable bonds is 35. The molecule has 0 bridgehead atoms. The van der Waals surface area contributed by atoms with E-state index in [2.05, 4.69) is 66.3 Å². The molecule has 0 aliphatic rings. The summed E-state index contributed by atoms with van der Waals surface area (Å²) in [6.45, 7) is 9.90. The minimum Gasteiger partial charge on any atom is -0.324 e. The third kappa shape index (κ3) is 34.3. The van der Waals surface area contributed by atoms with Gasteiger partial charge in [0.2, 0.25) is 0 Å². The molecule has 0 N–H and O–H groups in total. The van der Waals surface area contributed by atoms with Crippen LogP contribution in [0.25, 0.3) is 0 Å². The first kappa shape index (κ1) is 43.4. The molecule has 0 rings (SSSR count). The second-order valence-electron chi connectivity index (χ2n) is 15.6. The molecular formula is C42H86N2+2. The van der Waals surface area contributed by atoms with E-state index in [9.17, 15) is 0 Å². The van der Waals surface area contributed by atoms with Gasteiger partial charge < -0.3 is 8.97 Å². The van der Waals surface area contributed by atoms with Gasteiger partial charge in [-0.2, -0.15) is 0 Å². The van der Waals surface area contributed by atoms with E-state index < -0.39 is 0 Å². The van der Waals surface area contributed by atoms with Gasteiger partial charge in [-0.3, -0.25) is 0 Å². The molecule has 0 saturated heterocycles. The first-order chi connectivity index (χ1) is 21.3. The number of unbranched alkanes of at least 4 members (excludes halogenated alkanes) is 24. The Morgan fingerprint density at radius 2 is 0.500 bits per heavy atom. The summed E-state index contributed by atoms with van der Waals surface area (Å²) in [5.41, 5.74) is 0. The van der Waals surface area contributed by atoms with Crippen LogP contribution in [0.15, 0.2) is 24.3 Å². The van der Waals surface area contributed by atoms with E-state index in [4.69, 9.17) is 0 Å². The van der Waals surface area contributed by atoms with Gasteiger partial charge in [-0.05, 0) is 77.0 Å². The summed E-state index contributed by atoms with van der Waals surface area (Å²) in [5.74, 6) is 0. The van der Waals surface area contributed by atoms with Crippen molar-refractivity contribution in [3.05, 3.63) is 24.3 Å². The molecule has 0 radical (unpaired) electrons. The molecule has 0 heterocycles. The number of nitrogens with zero attached hydrogens (tertiary/aromatic N) is 2. The molecule has 0 fully saturated rings. The van der Waals surface area contributed by atoms with Gasteiger partial charge in [0.25, 0.3) is 0 Å². The Bertz CT molecular complexity index is 563. The molecule has 0 aliphatic carbocycles. The van der Waals surface area contributed by atoms with Crippen LogP contribution in [0.3, 0.4) is 0 Å². The van der Waals surface area contributed by atoms with E-state index in [0.29, 0.717) is 0 Å². The van der Waals surface area contributed by atoms with Crippen LogP contribution >= 0.6 is 0 Å². The highest BCUT2D eigenvalue weighted by Crippen LogP contribution is 2.14. The standard InChI is InChI=1S/C42H86N2/c1-7-9-11-13-15-17-19-21-23-25-27-29-31-33-35-37-39-43(3,4)41-42-44(5,6)40-38-36-34-32-30-28-26-24-22-20-18-16-14-12-10-8-2/h21-24H,7-20,25-42H2,1-6H3/q+2/b23-21+,24-22+. The van der Waals surface area contributed by atoms with Crippen LogP contribution in [0.4, 0.5) is 0 Å². The molecular weight excluding hydrogens is 532 g/mol. The average Bonchev–Trinajstić information content (AvgIpc) is 3.00. The Labute approximate surface area is 280 Å². The minimum atomic E-state index is 1.19. The summed E-state index contributed by atoms with van der Waals surface area (Å²) < 4.78 is 2.39. The van der Waals surface area contributed by atoms with E-state index in [1.807, 2.05) is 0 Å². The molecule has 262 valence electrons. The minimum absolute atomic E-state index is 1.19. The molecule has 0 aromatic rings. The maximum atomic E-state index is 2.46. The second-order valence-corrected chi connectivity index (χ2v) is 15.6. The van der Waals surface area contributed by atoms with Crippen LogP contribution in [0.1, 0.15) is 194 Å². The van der Waals surface area contributed by atoms with Gasteiger partial charge in [-0.1, -0.05) is 141 Å². The van der Waals surface area contributed by atoms with E-state index in [1.165, 1.54) is 215 Å². The van der Waals surface area contributed by atoms with Gasteiger partial charge in [0, 0.05) is 0 Å². The molecule has 0 aromatic heterocycles. The predicted octanol–water partition coefficient (Wildman–Crippen LogP) is 13.2. The summed E-state index contributed by atoms with van der Waals surface area (Å²) in [5, 5.41) is 0. The highest BCUT2D eigenvalue weighted by atomic mass is 15.4. The van der Waals surface area contributed by atoms with Crippen molar-refractivity contribution >= 4 is 0 Å². The number of hydrogen-bond acceptors (Lipinski definition) is 0. The predicted molar refractivity (Wildman–Crippen MR) is 203 cm³/mol. The van der Waals surface area contributed by atoms with E-state index in [1.54, 1.807) is 0 Å². The monoisotopic (exact) mass is 619 g/mol. The third-order valence-electron chi connectivity index (χ3n) is 9.86. The van der Waals surface area contributed by atoms with Crippen LogP contribution in [0.5, 0.6) is 0 Å². The Balaban J connectivity index is 3.58. The van der Waals surface area contributed by atoms with Crippen molar-refractivity contribution in [2.24, 2.45) is 0 Å². The molecule has 0 aliphatic heterocycles. The Morgan fingerprint density at radius 3 is 0.773 bits per heavy atom. The maximum Gasteiger partial charge on any atom is 0.128 e. The van der Waals surface area contributed by atoms with Gasteiger partial charge in [-0.15, -0.1) is 0 Å². The van der Waals surface area contributed by atoms with Crippen LogP contribution in [-0.4, -0.2) is 63.3 Å². The topological polar surface area (TPSA) is 0 Å². The van der Waals surface area contributed by atoms with Crippen molar-refractivity contribution in [3.8, 4) is 0 Å². The number of likely N-dealkylation sites (N-methyl/N-ethyl adjacent to an activating group) is 2.